The van der Waals surface area contributed by atoms with Crippen molar-refractivity contribution in [3.8, 4) is 0 Å². The fourth-order valence-electron chi connectivity index (χ4n) is 1.32. The van der Waals surface area contributed by atoms with Gasteiger partial charge in [-0.3, -0.25) is 0 Å². The van der Waals surface area contributed by atoms with Gasteiger partial charge < -0.3 is 4.43 Å². The van der Waals surface area contributed by atoms with Crippen molar-refractivity contribution < 1.29 is 4.43 Å². The first-order valence-corrected chi connectivity index (χ1v) is 5.19. The van der Waals surface area contributed by atoms with Crippen molar-refractivity contribution in [2.45, 2.75) is 26.4 Å². The van der Waals surface area contributed by atoms with E-state index in [1.807, 2.05) is 0 Å². The Kier molecular flexibility index (Phi) is 3.50. The largest absolute Gasteiger partial charge is 0.421 e. The van der Waals surface area contributed by atoms with Gasteiger partial charge in [-0.15, -0.1) is 0 Å². The lowest BCUT2D eigenvalue weighted by Crippen LogP contribution is -1.99. The molecule has 0 saturated carbocycles. The lowest BCUT2D eigenvalue weighted by atomic mass is 10.1. The van der Waals surface area contributed by atoms with E-state index in [9.17, 15) is 0 Å². The number of aryl methyl sites for hydroxylation is 1. The molecule has 1 atom stereocenters. The van der Waals surface area contributed by atoms with Crippen LogP contribution < -0.4 is 0 Å². The standard InChI is InChI=1S/C10H16OSi/c1-3-10(11-12)9-6-4-8(2)5-7-9/h4-7,10H,3H2,1-2,12H3. The van der Waals surface area contributed by atoms with Crippen LogP contribution in [0.1, 0.15) is 30.6 Å². The average Bonchev–Trinajstić information content (AvgIpc) is 2.10. The summed E-state index contributed by atoms with van der Waals surface area (Å²) in [6.07, 6.45) is 1.38. The second-order valence-electron chi connectivity index (χ2n) is 3.04. The lowest BCUT2D eigenvalue weighted by molar-refractivity contribution is 0.222. The third-order valence-corrected chi connectivity index (χ3v) is 2.67. The van der Waals surface area contributed by atoms with Crippen LogP contribution in [-0.4, -0.2) is 10.5 Å². The van der Waals surface area contributed by atoms with Gasteiger partial charge >= 0.3 is 0 Å². The molecule has 12 heavy (non-hydrogen) atoms. The van der Waals surface area contributed by atoms with Gasteiger partial charge in [-0.05, 0) is 18.9 Å². The summed E-state index contributed by atoms with van der Waals surface area (Å²) in [6.45, 7) is 4.26. The minimum absolute atomic E-state index is 0.317. The Morgan fingerprint density at radius 3 is 2.33 bits per heavy atom. The van der Waals surface area contributed by atoms with Crippen LogP contribution in [0.3, 0.4) is 0 Å². The number of benzene rings is 1. The van der Waals surface area contributed by atoms with E-state index >= 15 is 0 Å². The van der Waals surface area contributed by atoms with Gasteiger partial charge in [-0.2, -0.15) is 0 Å². The van der Waals surface area contributed by atoms with E-state index in [0.29, 0.717) is 6.10 Å². The van der Waals surface area contributed by atoms with E-state index < -0.39 is 0 Å². The van der Waals surface area contributed by atoms with Gasteiger partial charge in [0.05, 0.1) is 6.10 Å². The highest BCUT2D eigenvalue weighted by Gasteiger charge is 2.05. The molecule has 0 N–H and O–H groups in total. The quantitative estimate of drug-likeness (QED) is 0.644. The van der Waals surface area contributed by atoms with Gasteiger partial charge in [0.25, 0.3) is 0 Å². The molecule has 2 heteroatoms. The molecule has 1 unspecified atom stereocenters. The Bertz CT molecular complexity index is 226. The van der Waals surface area contributed by atoms with E-state index in [1.165, 1.54) is 11.1 Å². The minimum Gasteiger partial charge on any atom is -0.421 e. The summed E-state index contributed by atoms with van der Waals surface area (Å²) < 4.78 is 5.46. The average molecular weight is 180 g/mol. The highest BCUT2D eigenvalue weighted by molar-refractivity contribution is 5.98. The molecule has 0 heterocycles. The van der Waals surface area contributed by atoms with E-state index in [1.54, 1.807) is 0 Å². The van der Waals surface area contributed by atoms with Crippen molar-refractivity contribution in [3.63, 3.8) is 0 Å². The van der Waals surface area contributed by atoms with Crippen molar-refractivity contribution in [2.75, 3.05) is 0 Å². The first kappa shape index (κ1) is 9.48. The SMILES string of the molecule is CCC(O[SiH3])c1ccc(C)cc1. The zero-order chi connectivity index (χ0) is 8.97. The Labute approximate surface area is 77.3 Å². The molecular formula is C10H16OSi. The highest BCUT2D eigenvalue weighted by atomic mass is 28.2. The first-order chi connectivity index (χ1) is 5.77. The van der Waals surface area contributed by atoms with E-state index in [4.69, 9.17) is 4.43 Å². The van der Waals surface area contributed by atoms with Crippen molar-refractivity contribution >= 4 is 10.5 Å². The summed E-state index contributed by atoms with van der Waals surface area (Å²) in [5.41, 5.74) is 2.61. The predicted molar refractivity (Wildman–Crippen MR) is 55.2 cm³/mol. The van der Waals surface area contributed by atoms with Crippen LogP contribution in [0, 0.1) is 6.92 Å². The Balaban J connectivity index is 2.80. The summed E-state index contributed by atoms with van der Waals surface area (Å²) in [5.74, 6) is 0. The smallest absolute Gasteiger partial charge is 0.146 e. The van der Waals surface area contributed by atoms with Gasteiger partial charge in [0.2, 0.25) is 0 Å². The van der Waals surface area contributed by atoms with E-state index in [0.717, 1.165) is 16.9 Å². The summed E-state index contributed by atoms with van der Waals surface area (Å²) in [5, 5.41) is 0. The molecule has 1 aromatic rings. The van der Waals surface area contributed by atoms with Crippen LogP contribution in [-0.2, 0) is 4.43 Å². The van der Waals surface area contributed by atoms with Crippen molar-refractivity contribution in [3.05, 3.63) is 35.4 Å². The molecule has 0 aliphatic heterocycles. The second kappa shape index (κ2) is 4.43. The summed E-state index contributed by atoms with van der Waals surface area (Å²) >= 11 is 0. The molecule has 1 aromatic carbocycles. The molecule has 0 radical (unpaired) electrons. The monoisotopic (exact) mass is 180 g/mol. The molecule has 66 valence electrons. The molecular weight excluding hydrogens is 164 g/mol. The maximum absolute atomic E-state index is 5.46. The summed E-state index contributed by atoms with van der Waals surface area (Å²) in [4.78, 5) is 0. The van der Waals surface area contributed by atoms with Crippen molar-refractivity contribution in [1.82, 2.24) is 0 Å². The number of rotatable bonds is 3. The number of hydrogen-bond acceptors (Lipinski definition) is 1. The topological polar surface area (TPSA) is 9.23 Å². The highest BCUT2D eigenvalue weighted by Crippen LogP contribution is 2.19. The van der Waals surface area contributed by atoms with Gasteiger partial charge in [-0.25, -0.2) is 0 Å². The second-order valence-corrected chi connectivity index (χ2v) is 3.51. The molecule has 0 fully saturated rings. The van der Waals surface area contributed by atoms with Gasteiger partial charge in [0.15, 0.2) is 0 Å². The lowest BCUT2D eigenvalue weighted by Gasteiger charge is -2.13. The zero-order valence-electron chi connectivity index (χ0n) is 8.00. The Morgan fingerprint density at radius 1 is 1.33 bits per heavy atom. The maximum atomic E-state index is 5.46. The molecule has 0 spiro atoms. The van der Waals surface area contributed by atoms with Crippen LogP contribution in [0.25, 0.3) is 0 Å². The van der Waals surface area contributed by atoms with E-state index in [2.05, 4.69) is 38.1 Å². The normalized spacial score (nSPS) is 13.2. The van der Waals surface area contributed by atoms with Crippen molar-refractivity contribution in [1.29, 1.82) is 0 Å². The van der Waals surface area contributed by atoms with Crippen LogP contribution in [0.15, 0.2) is 24.3 Å². The van der Waals surface area contributed by atoms with Crippen LogP contribution >= 0.6 is 0 Å². The van der Waals surface area contributed by atoms with Crippen LogP contribution in [0.5, 0.6) is 0 Å². The summed E-state index contributed by atoms with van der Waals surface area (Å²) in [6, 6.07) is 8.58. The molecule has 0 aliphatic rings. The third kappa shape index (κ3) is 2.19. The molecule has 0 aliphatic carbocycles. The predicted octanol–water partition coefficient (Wildman–Crippen LogP) is 1.74. The zero-order valence-corrected chi connectivity index (χ0v) is 10.0. The molecule has 1 nitrogen and oxygen atoms in total. The van der Waals surface area contributed by atoms with Crippen LogP contribution in [0.4, 0.5) is 0 Å². The first-order valence-electron chi connectivity index (χ1n) is 4.37. The minimum atomic E-state index is 0.317. The molecule has 0 saturated heterocycles. The molecule has 0 bridgehead atoms. The fourth-order valence-corrected chi connectivity index (χ4v) is 1.93. The Morgan fingerprint density at radius 2 is 1.92 bits per heavy atom. The number of hydrogen-bond donors (Lipinski definition) is 0. The summed E-state index contributed by atoms with van der Waals surface area (Å²) in [7, 11) is 0.815. The maximum Gasteiger partial charge on any atom is 0.146 e. The third-order valence-electron chi connectivity index (χ3n) is 2.10. The van der Waals surface area contributed by atoms with Gasteiger partial charge in [0, 0.05) is 0 Å². The fraction of sp³-hybridized carbons (Fsp3) is 0.400. The molecule has 1 rings (SSSR count). The van der Waals surface area contributed by atoms with E-state index in [-0.39, 0.29) is 0 Å². The molecule has 0 aromatic heterocycles. The van der Waals surface area contributed by atoms with Gasteiger partial charge in [0.1, 0.15) is 10.5 Å². The molecule has 0 amide bonds. The van der Waals surface area contributed by atoms with Crippen LogP contribution in [0.2, 0.25) is 0 Å². The van der Waals surface area contributed by atoms with Gasteiger partial charge in [-0.1, -0.05) is 36.8 Å². The van der Waals surface area contributed by atoms with Crippen molar-refractivity contribution in [2.24, 2.45) is 0 Å². The Hall–Kier alpha value is -0.603.